The topological polar surface area (TPSA) is 66.6 Å². The van der Waals surface area contributed by atoms with Crippen LogP contribution in [0.5, 0.6) is 0 Å². The third-order valence-electron chi connectivity index (χ3n) is 3.37. The number of rotatable bonds is 4. The highest BCUT2D eigenvalue weighted by Crippen LogP contribution is 2.17. The molecule has 1 fully saturated rings. The van der Waals surface area contributed by atoms with Gasteiger partial charge in [0.05, 0.1) is 4.90 Å². The summed E-state index contributed by atoms with van der Waals surface area (Å²) in [5, 5.41) is 0. The van der Waals surface area contributed by atoms with Gasteiger partial charge in [0.1, 0.15) is 0 Å². The number of nitrogens with zero attached hydrogens (tertiary/aromatic N) is 2. The van der Waals surface area contributed by atoms with Crippen molar-refractivity contribution in [3.8, 4) is 0 Å². The van der Waals surface area contributed by atoms with Crippen LogP contribution in [0.25, 0.3) is 0 Å². The second-order valence-electron chi connectivity index (χ2n) is 4.70. The third kappa shape index (κ3) is 3.54. The van der Waals surface area contributed by atoms with Gasteiger partial charge in [0.15, 0.2) is 0 Å². The molecule has 1 aromatic carbocycles. The first-order chi connectivity index (χ1) is 9.14. The Morgan fingerprint density at radius 2 is 1.79 bits per heavy atom. The maximum Gasteiger partial charge on any atom is 0.243 e. The highest BCUT2D eigenvalue weighted by atomic mass is 32.2. The summed E-state index contributed by atoms with van der Waals surface area (Å²) in [4.78, 5) is 2.60. The molecule has 0 aromatic heterocycles. The van der Waals surface area contributed by atoms with Gasteiger partial charge in [0.25, 0.3) is 0 Å². The molecule has 1 saturated heterocycles. The second-order valence-corrected chi connectivity index (χ2v) is 6.64. The number of benzene rings is 1. The van der Waals surface area contributed by atoms with Crippen molar-refractivity contribution in [2.24, 2.45) is 5.73 Å². The molecule has 0 unspecified atom stereocenters. The van der Waals surface area contributed by atoms with E-state index in [4.69, 9.17) is 5.73 Å². The smallest absolute Gasteiger partial charge is 0.243 e. The molecule has 1 aliphatic heterocycles. The SMILES string of the molecule is NCCN1CCCN(S(=O)(=O)c2ccccc2)CC1. The van der Waals surface area contributed by atoms with E-state index in [1.165, 1.54) is 0 Å². The van der Waals surface area contributed by atoms with E-state index in [1.807, 2.05) is 6.07 Å². The van der Waals surface area contributed by atoms with Crippen molar-refractivity contribution in [1.29, 1.82) is 0 Å². The molecule has 19 heavy (non-hydrogen) atoms. The molecule has 2 rings (SSSR count). The van der Waals surface area contributed by atoms with Gasteiger partial charge in [0.2, 0.25) is 10.0 Å². The first-order valence-corrected chi connectivity index (χ1v) is 8.06. The number of sulfonamides is 1. The Morgan fingerprint density at radius 3 is 2.47 bits per heavy atom. The van der Waals surface area contributed by atoms with Gasteiger partial charge in [-0.2, -0.15) is 4.31 Å². The zero-order valence-corrected chi connectivity index (χ0v) is 11.8. The van der Waals surface area contributed by atoms with Crippen LogP contribution in [0, 0.1) is 0 Å². The maximum atomic E-state index is 12.5. The van der Waals surface area contributed by atoms with Crippen molar-refractivity contribution < 1.29 is 8.42 Å². The fraction of sp³-hybridized carbons (Fsp3) is 0.538. The largest absolute Gasteiger partial charge is 0.329 e. The number of hydrogen-bond donors (Lipinski definition) is 1. The Kier molecular flexibility index (Phi) is 4.93. The van der Waals surface area contributed by atoms with Crippen molar-refractivity contribution in [3.63, 3.8) is 0 Å². The predicted molar refractivity (Wildman–Crippen MR) is 75.3 cm³/mol. The third-order valence-corrected chi connectivity index (χ3v) is 5.29. The molecule has 6 heteroatoms. The quantitative estimate of drug-likeness (QED) is 0.865. The van der Waals surface area contributed by atoms with Crippen LogP contribution in [0.2, 0.25) is 0 Å². The van der Waals surface area contributed by atoms with Crippen LogP contribution in [0.15, 0.2) is 35.2 Å². The molecule has 106 valence electrons. The number of nitrogens with two attached hydrogens (primary N) is 1. The van der Waals surface area contributed by atoms with Crippen LogP contribution >= 0.6 is 0 Å². The number of hydrogen-bond acceptors (Lipinski definition) is 4. The summed E-state index contributed by atoms with van der Waals surface area (Å²) in [6.07, 6.45) is 0.853. The minimum atomic E-state index is -3.35. The Bertz CT molecular complexity index is 490. The zero-order valence-electron chi connectivity index (χ0n) is 11.0. The summed E-state index contributed by atoms with van der Waals surface area (Å²) >= 11 is 0. The normalized spacial score (nSPS) is 19.2. The molecule has 1 aliphatic rings. The lowest BCUT2D eigenvalue weighted by molar-refractivity contribution is 0.294. The fourth-order valence-electron chi connectivity index (χ4n) is 2.34. The molecule has 0 aliphatic carbocycles. The van der Waals surface area contributed by atoms with Gasteiger partial charge in [-0.05, 0) is 25.1 Å². The summed E-state index contributed by atoms with van der Waals surface area (Å²) in [5.74, 6) is 0. The molecule has 5 nitrogen and oxygen atoms in total. The van der Waals surface area contributed by atoms with Crippen LogP contribution in [0.3, 0.4) is 0 Å². The summed E-state index contributed by atoms with van der Waals surface area (Å²) in [6, 6.07) is 8.64. The lowest BCUT2D eigenvalue weighted by atomic mass is 10.4. The maximum absolute atomic E-state index is 12.5. The van der Waals surface area contributed by atoms with Crippen molar-refractivity contribution in [2.45, 2.75) is 11.3 Å². The molecule has 0 atom stereocenters. The Labute approximate surface area is 115 Å². The molecule has 1 aromatic rings. The Balaban J connectivity index is 2.10. The van der Waals surface area contributed by atoms with E-state index in [0.29, 0.717) is 24.5 Å². The predicted octanol–water partition coefficient (Wildman–Crippen LogP) is 0.342. The highest BCUT2D eigenvalue weighted by molar-refractivity contribution is 7.89. The first-order valence-electron chi connectivity index (χ1n) is 6.62. The van der Waals surface area contributed by atoms with Crippen molar-refractivity contribution in [3.05, 3.63) is 30.3 Å². The minimum absolute atomic E-state index is 0.377. The van der Waals surface area contributed by atoms with E-state index in [1.54, 1.807) is 28.6 Å². The van der Waals surface area contributed by atoms with E-state index < -0.39 is 10.0 Å². The van der Waals surface area contributed by atoms with Gasteiger partial charge in [-0.15, -0.1) is 0 Å². The summed E-state index contributed by atoms with van der Waals surface area (Å²) in [6.45, 7) is 4.24. The molecule has 0 amide bonds. The van der Waals surface area contributed by atoms with Crippen LogP contribution in [0.4, 0.5) is 0 Å². The van der Waals surface area contributed by atoms with Crippen molar-refractivity contribution >= 4 is 10.0 Å². The summed E-state index contributed by atoms with van der Waals surface area (Å²) in [7, 11) is -3.35. The van der Waals surface area contributed by atoms with E-state index in [9.17, 15) is 8.42 Å². The molecular formula is C13H21N3O2S. The standard InChI is InChI=1S/C13H21N3O2S/c14-7-10-15-8-4-9-16(12-11-15)19(17,18)13-5-2-1-3-6-13/h1-3,5-6H,4,7-12,14H2. The fourth-order valence-corrected chi connectivity index (χ4v) is 3.83. The summed E-state index contributed by atoms with van der Waals surface area (Å²) in [5.41, 5.74) is 5.55. The monoisotopic (exact) mass is 283 g/mol. The van der Waals surface area contributed by atoms with Gasteiger partial charge in [0, 0.05) is 32.7 Å². The first kappa shape index (κ1) is 14.5. The van der Waals surface area contributed by atoms with Gasteiger partial charge in [-0.1, -0.05) is 18.2 Å². The van der Waals surface area contributed by atoms with E-state index in [-0.39, 0.29) is 0 Å². The highest BCUT2D eigenvalue weighted by Gasteiger charge is 2.26. The summed E-state index contributed by atoms with van der Waals surface area (Å²) < 4.78 is 26.6. The second kappa shape index (κ2) is 6.47. The van der Waals surface area contributed by atoms with E-state index in [0.717, 1.165) is 26.1 Å². The van der Waals surface area contributed by atoms with Gasteiger partial charge < -0.3 is 10.6 Å². The molecule has 0 spiro atoms. The Hall–Kier alpha value is -0.950. The van der Waals surface area contributed by atoms with E-state index >= 15 is 0 Å². The van der Waals surface area contributed by atoms with Crippen LogP contribution in [-0.4, -0.2) is 56.9 Å². The molecule has 0 radical (unpaired) electrons. The Morgan fingerprint density at radius 1 is 1.05 bits per heavy atom. The van der Waals surface area contributed by atoms with Gasteiger partial charge in [-0.25, -0.2) is 8.42 Å². The molecule has 1 heterocycles. The van der Waals surface area contributed by atoms with Crippen LogP contribution < -0.4 is 5.73 Å². The lowest BCUT2D eigenvalue weighted by Crippen LogP contribution is -2.36. The molecule has 0 saturated carbocycles. The van der Waals surface area contributed by atoms with Crippen LogP contribution in [-0.2, 0) is 10.0 Å². The average Bonchev–Trinajstić information content (AvgIpc) is 2.66. The van der Waals surface area contributed by atoms with Gasteiger partial charge in [-0.3, -0.25) is 0 Å². The molecule has 0 bridgehead atoms. The lowest BCUT2D eigenvalue weighted by Gasteiger charge is -2.21. The molecular weight excluding hydrogens is 262 g/mol. The minimum Gasteiger partial charge on any atom is -0.329 e. The average molecular weight is 283 g/mol. The van der Waals surface area contributed by atoms with Crippen molar-refractivity contribution in [2.75, 3.05) is 39.3 Å². The zero-order chi connectivity index (χ0) is 13.7. The molecule has 2 N–H and O–H groups in total. The van der Waals surface area contributed by atoms with E-state index in [2.05, 4.69) is 4.90 Å². The van der Waals surface area contributed by atoms with Crippen molar-refractivity contribution in [1.82, 2.24) is 9.21 Å². The van der Waals surface area contributed by atoms with Gasteiger partial charge >= 0.3 is 0 Å². The van der Waals surface area contributed by atoms with Crippen LogP contribution in [0.1, 0.15) is 6.42 Å².